The highest BCUT2D eigenvalue weighted by molar-refractivity contribution is 9.10. The number of ether oxygens (including phenoxy) is 1. The number of para-hydroxylation sites is 1. The van der Waals surface area contributed by atoms with Crippen molar-refractivity contribution in [2.75, 3.05) is 5.32 Å². The molecule has 2 aromatic carbocycles. The Morgan fingerprint density at radius 1 is 1.31 bits per heavy atom. The second-order valence-corrected chi connectivity index (χ2v) is 7.10. The van der Waals surface area contributed by atoms with Crippen molar-refractivity contribution >= 4 is 33.4 Å². The molecule has 26 heavy (non-hydrogen) atoms. The SMILES string of the molecule is Cc1ccccc1OC(C)C(=O)NN1C(=O)c2cc(Br)ccc2NC1C. The lowest BCUT2D eigenvalue weighted by Gasteiger charge is -2.36. The predicted molar refractivity (Wildman–Crippen MR) is 103 cm³/mol. The Morgan fingerprint density at radius 2 is 2.04 bits per heavy atom. The maximum absolute atomic E-state index is 12.8. The second kappa shape index (κ2) is 7.37. The monoisotopic (exact) mass is 417 g/mol. The average Bonchev–Trinajstić information content (AvgIpc) is 2.61. The van der Waals surface area contributed by atoms with Crippen molar-refractivity contribution in [1.29, 1.82) is 0 Å². The molecule has 136 valence electrons. The summed E-state index contributed by atoms with van der Waals surface area (Å²) in [6.45, 7) is 5.36. The van der Waals surface area contributed by atoms with Crippen LogP contribution in [0, 0.1) is 6.92 Å². The first-order chi connectivity index (χ1) is 12.4. The summed E-state index contributed by atoms with van der Waals surface area (Å²) >= 11 is 3.36. The third-order valence-electron chi connectivity index (χ3n) is 4.18. The van der Waals surface area contributed by atoms with E-state index in [9.17, 15) is 9.59 Å². The van der Waals surface area contributed by atoms with Crippen LogP contribution in [0.2, 0.25) is 0 Å². The molecule has 0 aromatic heterocycles. The number of rotatable bonds is 4. The van der Waals surface area contributed by atoms with Gasteiger partial charge in [0.2, 0.25) is 0 Å². The molecule has 2 unspecified atom stereocenters. The highest BCUT2D eigenvalue weighted by Crippen LogP contribution is 2.27. The minimum Gasteiger partial charge on any atom is -0.481 e. The van der Waals surface area contributed by atoms with E-state index in [-0.39, 0.29) is 12.1 Å². The van der Waals surface area contributed by atoms with Crippen LogP contribution in [0.3, 0.4) is 0 Å². The van der Waals surface area contributed by atoms with E-state index >= 15 is 0 Å². The first-order valence-electron chi connectivity index (χ1n) is 8.29. The molecule has 2 atom stereocenters. The van der Waals surface area contributed by atoms with Crippen LogP contribution < -0.4 is 15.5 Å². The first kappa shape index (κ1) is 18.3. The quantitative estimate of drug-likeness (QED) is 0.798. The summed E-state index contributed by atoms with van der Waals surface area (Å²) in [7, 11) is 0. The first-order valence-corrected chi connectivity index (χ1v) is 9.08. The van der Waals surface area contributed by atoms with E-state index < -0.39 is 12.0 Å². The molecular weight excluding hydrogens is 398 g/mol. The van der Waals surface area contributed by atoms with Gasteiger partial charge in [0.15, 0.2) is 6.10 Å². The van der Waals surface area contributed by atoms with Crippen LogP contribution in [-0.4, -0.2) is 29.1 Å². The summed E-state index contributed by atoms with van der Waals surface area (Å²) in [4.78, 5) is 25.3. The standard InChI is InChI=1S/C19H20BrN3O3/c1-11-6-4-5-7-17(11)26-12(2)18(24)22-23-13(3)21-16-9-8-14(20)10-15(16)19(23)25/h4-10,12-13,21H,1-3H3,(H,22,24). The van der Waals surface area contributed by atoms with Gasteiger partial charge in [-0.15, -0.1) is 0 Å². The van der Waals surface area contributed by atoms with Gasteiger partial charge in [-0.25, -0.2) is 5.01 Å². The number of hydrogen-bond donors (Lipinski definition) is 2. The van der Waals surface area contributed by atoms with Crippen molar-refractivity contribution in [2.24, 2.45) is 0 Å². The Balaban J connectivity index is 1.72. The van der Waals surface area contributed by atoms with Crippen molar-refractivity contribution in [1.82, 2.24) is 10.4 Å². The van der Waals surface area contributed by atoms with Crippen LogP contribution in [0.5, 0.6) is 5.75 Å². The molecule has 7 heteroatoms. The Morgan fingerprint density at radius 3 is 2.77 bits per heavy atom. The number of carbonyl (C=O) groups is 2. The van der Waals surface area contributed by atoms with Crippen molar-refractivity contribution in [3.63, 3.8) is 0 Å². The van der Waals surface area contributed by atoms with E-state index in [4.69, 9.17) is 4.74 Å². The number of carbonyl (C=O) groups excluding carboxylic acids is 2. The minimum atomic E-state index is -0.750. The van der Waals surface area contributed by atoms with E-state index in [0.29, 0.717) is 11.3 Å². The Hall–Kier alpha value is -2.54. The molecule has 1 aliphatic rings. The smallest absolute Gasteiger partial charge is 0.279 e. The van der Waals surface area contributed by atoms with Gasteiger partial charge in [-0.1, -0.05) is 34.1 Å². The lowest BCUT2D eigenvalue weighted by atomic mass is 10.1. The molecule has 0 bridgehead atoms. The molecule has 0 fully saturated rings. The lowest BCUT2D eigenvalue weighted by molar-refractivity contribution is -0.132. The zero-order chi connectivity index (χ0) is 18.8. The molecule has 0 spiro atoms. The van der Waals surface area contributed by atoms with Gasteiger partial charge in [0.25, 0.3) is 11.8 Å². The van der Waals surface area contributed by atoms with Crippen molar-refractivity contribution in [3.05, 3.63) is 58.1 Å². The molecule has 1 heterocycles. The number of anilines is 1. The summed E-state index contributed by atoms with van der Waals surface area (Å²) in [6, 6.07) is 12.9. The molecule has 0 radical (unpaired) electrons. The molecule has 2 amide bonds. The third kappa shape index (κ3) is 3.67. The van der Waals surface area contributed by atoms with Crippen LogP contribution in [0.4, 0.5) is 5.69 Å². The van der Waals surface area contributed by atoms with E-state index in [1.807, 2.05) is 43.3 Å². The van der Waals surface area contributed by atoms with Gasteiger partial charge in [-0.3, -0.25) is 15.0 Å². The van der Waals surface area contributed by atoms with E-state index in [1.165, 1.54) is 5.01 Å². The fourth-order valence-corrected chi connectivity index (χ4v) is 3.07. The van der Waals surface area contributed by atoms with Crippen LogP contribution >= 0.6 is 15.9 Å². The van der Waals surface area contributed by atoms with Gasteiger partial charge < -0.3 is 10.1 Å². The van der Waals surface area contributed by atoms with Crippen LogP contribution in [0.15, 0.2) is 46.9 Å². The number of amides is 2. The number of fused-ring (bicyclic) bond motifs is 1. The largest absolute Gasteiger partial charge is 0.481 e. The summed E-state index contributed by atoms with van der Waals surface area (Å²) in [6.07, 6.45) is -1.13. The zero-order valence-corrected chi connectivity index (χ0v) is 16.3. The van der Waals surface area contributed by atoms with E-state index in [1.54, 1.807) is 19.9 Å². The zero-order valence-electron chi connectivity index (χ0n) is 14.7. The second-order valence-electron chi connectivity index (χ2n) is 6.19. The fourth-order valence-electron chi connectivity index (χ4n) is 2.70. The lowest BCUT2D eigenvalue weighted by Crippen LogP contribution is -2.58. The number of hydrogen-bond acceptors (Lipinski definition) is 4. The molecule has 0 saturated carbocycles. The van der Waals surface area contributed by atoms with Crippen molar-refractivity contribution in [3.8, 4) is 5.75 Å². The molecular formula is C19H20BrN3O3. The maximum atomic E-state index is 12.8. The summed E-state index contributed by atoms with van der Waals surface area (Å²) < 4.78 is 6.52. The Kier molecular flexibility index (Phi) is 5.18. The number of hydrazine groups is 1. The van der Waals surface area contributed by atoms with Crippen LogP contribution in [0.1, 0.15) is 29.8 Å². The van der Waals surface area contributed by atoms with E-state index in [0.717, 1.165) is 15.7 Å². The van der Waals surface area contributed by atoms with Gasteiger partial charge in [0, 0.05) is 10.2 Å². The number of benzene rings is 2. The normalized spacial score (nSPS) is 17.2. The average molecular weight is 418 g/mol. The molecule has 0 aliphatic carbocycles. The van der Waals surface area contributed by atoms with Gasteiger partial charge in [-0.2, -0.15) is 0 Å². The fraction of sp³-hybridized carbons (Fsp3) is 0.263. The molecule has 2 aromatic rings. The Labute approximate surface area is 160 Å². The van der Waals surface area contributed by atoms with Gasteiger partial charge in [0.05, 0.1) is 5.56 Å². The molecule has 1 aliphatic heterocycles. The summed E-state index contributed by atoms with van der Waals surface area (Å²) in [5, 5.41) is 4.49. The maximum Gasteiger partial charge on any atom is 0.279 e. The molecule has 6 nitrogen and oxygen atoms in total. The molecule has 2 N–H and O–H groups in total. The van der Waals surface area contributed by atoms with Gasteiger partial charge >= 0.3 is 0 Å². The summed E-state index contributed by atoms with van der Waals surface area (Å²) in [5.41, 5.74) is 4.83. The summed E-state index contributed by atoms with van der Waals surface area (Å²) in [5.74, 6) is -0.0294. The number of halogens is 1. The number of aryl methyl sites for hydroxylation is 1. The van der Waals surface area contributed by atoms with Gasteiger partial charge in [-0.05, 0) is 50.6 Å². The van der Waals surface area contributed by atoms with Gasteiger partial charge in [0.1, 0.15) is 11.9 Å². The Bertz CT molecular complexity index is 856. The minimum absolute atomic E-state index is 0.274. The number of nitrogens with zero attached hydrogens (tertiary/aromatic N) is 1. The van der Waals surface area contributed by atoms with Crippen LogP contribution in [0.25, 0.3) is 0 Å². The van der Waals surface area contributed by atoms with Crippen LogP contribution in [-0.2, 0) is 4.79 Å². The third-order valence-corrected chi connectivity index (χ3v) is 4.67. The highest BCUT2D eigenvalue weighted by Gasteiger charge is 2.32. The topological polar surface area (TPSA) is 70.7 Å². The van der Waals surface area contributed by atoms with E-state index in [2.05, 4.69) is 26.7 Å². The molecule has 0 saturated heterocycles. The molecule has 3 rings (SSSR count). The predicted octanol–water partition coefficient (Wildman–Crippen LogP) is 3.47. The van der Waals surface area contributed by atoms with Crippen molar-refractivity contribution in [2.45, 2.75) is 33.0 Å². The highest BCUT2D eigenvalue weighted by atomic mass is 79.9. The number of nitrogens with one attached hydrogen (secondary N) is 2. The van der Waals surface area contributed by atoms with Crippen molar-refractivity contribution < 1.29 is 14.3 Å².